The van der Waals surface area contributed by atoms with Crippen molar-refractivity contribution < 1.29 is 23.0 Å². The number of anilines is 1. The van der Waals surface area contributed by atoms with Crippen molar-refractivity contribution >= 4 is 32.6 Å². The molecule has 0 fully saturated rings. The van der Waals surface area contributed by atoms with Gasteiger partial charge in [0.25, 0.3) is 5.91 Å². The Kier molecular flexibility index (Phi) is 7.75. The van der Waals surface area contributed by atoms with E-state index in [0.29, 0.717) is 34.4 Å². The maximum Gasteiger partial charge on any atom is 0.266 e. The number of rotatable bonds is 10. The third-order valence-corrected chi connectivity index (χ3v) is 5.90. The monoisotopic (exact) mass is 449 g/mol. The summed E-state index contributed by atoms with van der Waals surface area (Å²) >= 11 is 1.08. The third kappa shape index (κ3) is 5.68. The van der Waals surface area contributed by atoms with Crippen LogP contribution in [-0.2, 0) is 4.79 Å². The van der Waals surface area contributed by atoms with Crippen LogP contribution >= 0.6 is 11.3 Å². The van der Waals surface area contributed by atoms with E-state index in [1.165, 1.54) is 11.0 Å². The molecular weight excluding hydrogens is 424 g/mol. The molecule has 0 saturated carbocycles. The minimum Gasteiger partial charge on any atom is -0.497 e. The summed E-state index contributed by atoms with van der Waals surface area (Å²) < 4.78 is 38.9. The highest BCUT2D eigenvalue weighted by atomic mass is 32.1. The van der Waals surface area contributed by atoms with Gasteiger partial charge >= 0.3 is 0 Å². The Morgan fingerprint density at radius 3 is 2.55 bits per heavy atom. The molecule has 1 amide bonds. The summed E-state index contributed by atoms with van der Waals surface area (Å²) in [6.45, 7) is 6.49. The van der Waals surface area contributed by atoms with E-state index < -0.39 is 11.6 Å². The van der Waals surface area contributed by atoms with Crippen LogP contribution in [0, 0.1) is 11.6 Å². The molecule has 0 unspecified atom stereocenters. The molecule has 0 radical (unpaired) electrons. The molecule has 3 rings (SSSR count). The Morgan fingerprint density at radius 2 is 1.84 bits per heavy atom. The molecule has 0 atom stereocenters. The van der Waals surface area contributed by atoms with Crippen LogP contribution in [0.2, 0.25) is 0 Å². The molecule has 2 aromatic carbocycles. The highest BCUT2D eigenvalue weighted by Crippen LogP contribution is 2.31. The van der Waals surface area contributed by atoms with Gasteiger partial charge in [-0.05, 0) is 31.3 Å². The van der Waals surface area contributed by atoms with Gasteiger partial charge in [0.05, 0.1) is 11.8 Å². The van der Waals surface area contributed by atoms with Crippen molar-refractivity contribution in [3.63, 3.8) is 0 Å². The maximum atomic E-state index is 14.1. The van der Waals surface area contributed by atoms with Crippen LogP contribution in [0.25, 0.3) is 10.2 Å². The number of thiazole rings is 1. The van der Waals surface area contributed by atoms with Crippen LogP contribution < -0.4 is 14.4 Å². The summed E-state index contributed by atoms with van der Waals surface area (Å²) in [6.07, 6.45) is 0. The lowest BCUT2D eigenvalue weighted by molar-refractivity contribution is -0.120. The second-order valence-electron chi connectivity index (χ2n) is 6.77. The first-order chi connectivity index (χ1) is 14.9. The first-order valence-electron chi connectivity index (χ1n) is 10.00. The van der Waals surface area contributed by atoms with E-state index in [2.05, 4.69) is 9.88 Å². The smallest absolute Gasteiger partial charge is 0.266 e. The van der Waals surface area contributed by atoms with Gasteiger partial charge in [-0.3, -0.25) is 9.69 Å². The molecule has 1 heterocycles. The predicted octanol–water partition coefficient (Wildman–Crippen LogP) is 4.34. The number of amides is 1. The van der Waals surface area contributed by atoms with Crippen molar-refractivity contribution in [2.45, 2.75) is 13.8 Å². The molecule has 0 N–H and O–H groups in total. The molecule has 166 valence electrons. The zero-order valence-corrected chi connectivity index (χ0v) is 18.5. The Bertz CT molecular complexity index is 1040. The van der Waals surface area contributed by atoms with Gasteiger partial charge < -0.3 is 14.4 Å². The number of likely N-dealkylation sites (N-methyl/N-ethyl adjacent to an activating group) is 1. The largest absolute Gasteiger partial charge is 0.497 e. The van der Waals surface area contributed by atoms with Gasteiger partial charge in [-0.2, -0.15) is 0 Å². The molecular formula is C22H25F2N3O3S. The molecule has 0 spiro atoms. The maximum absolute atomic E-state index is 14.1. The van der Waals surface area contributed by atoms with Gasteiger partial charge in [0.1, 0.15) is 22.8 Å². The van der Waals surface area contributed by atoms with Crippen LogP contribution in [0.15, 0.2) is 36.4 Å². The number of aromatic nitrogens is 1. The molecule has 9 heteroatoms. The average molecular weight is 450 g/mol. The third-order valence-electron chi connectivity index (χ3n) is 4.87. The number of carbonyl (C=O) groups excluding carboxylic acids is 1. The molecule has 0 saturated heterocycles. The van der Waals surface area contributed by atoms with E-state index in [9.17, 15) is 13.6 Å². The van der Waals surface area contributed by atoms with Gasteiger partial charge in [0, 0.05) is 25.2 Å². The van der Waals surface area contributed by atoms with Crippen molar-refractivity contribution in [1.82, 2.24) is 9.88 Å². The van der Waals surface area contributed by atoms with Gasteiger partial charge in [-0.1, -0.05) is 31.3 Å². The SMILES string of the molecule is CCN(CC)CCN(C(=O)COc1cccc(OC)c1)c1nc2c(F)cc(F)cc2s1. The van der Waals surface area contributed by atoms with E-state index in [4.69, 9.17) is 9.47 Å². The van der Waals surface area contributed by atoms with Crippen LogP contribution in [0.1, 0.15) is 13.8 Å². The molecule has 31 heavy (non-hydrogen) atoms. The van der Waals surface area contributed by atoms with Crippen molar-refractivity contribution in [1.29, 1.82) is 0 Å². The zero-order chi connectivity index (χ0) is 22.4. The number of carbonyl (C=O) groups is 1. The van der Waals surface area contributed by atoms with Crippen molar-refractivity contribution in [3.05, 3.63) is 48.0 Å². The molecule has 1 aromatic heterocycles. The topological polar surface area (TPSA) is 54.9 Å². The molecule has 3 aromatic rings. The first kappa shape index (κ1) is 22.9. The second-order valence-corrected chi connectivity index (χ2v) is 7.78. The number of fused-ring (bicyclic) bond motifs is 1. The summed E-state index contributed by atoms with van der Waals surface area (Å²) in [5.41, 5.74) is 0.0516. The van der Waals surface area contributed by atoms with Crippen LogP contribution in [0.3, 0.4) is 0 Å². The number of nitrogens with zero attached hydrogens (tertiary/aromatic N) is 3. The number of hydrogen-bond donors (Lipinski definition) is 0. The quantitative estimate of drug-likeness (QED) is 0.461. The Hall–Kier alpha value is -2.78. The minimum absolute atomic E-state index is 0.0516. The Labute approximate surface area is 184 Å². The molecule has 0 aliphatic heterocycles. The molecule has 0 aliphatic carbocycles. The lowest BCUT2D eigenvalue weighted by Gasteiger charge is -2.24. The van der Waals surface area contributed by atoms with Gasteiger partial charge in [-0.15, -0.1) is 0 Å². The fraction of sp³-hybridized carbons (Fsp3) is 0.364. The highest BCUT2D eigenvalue weighted by Gasteiger charge is 2.22. The van der Waals surface area contributed by atoms with E-state index in [0.717, 1.165) is 30.5 Å². The van der Waals surface area contributed by atoms with Gasteiger partial charge in [0.15, 0.2) is 17.6 Å². The lowest BCUT2D eigenvalue weighted by Crippen LogP contribution is -2.41. The van der Waals surface area contributed by atoms with Crippen molar-refractivity contribution in [2.75, 3.05) is 44.8 Å². The van der Waals surface area contributed by atoms with Crippen LogP contribution in [0.5, 0.6) is 11.5 Å². The number of hydrogen-bond acceptors (Lipinski definition) is 6. The average Bonchev–Trinajstić information content (AvgIpc) is 3.19. The Balaban J connectivity index is 1.83. The van der Waals surface area contributed by atoms with E-state index in [-0.39, 0.29) is 18.0 Å². The summed E-state index contributed by atoms with van der Waals surface area (Å²) in [5.74, 6) is -0.639. The van der Waals surface area contributed by atoms with E-state index >= 15 is 0 Å². The van der Waals surface area contributed by atoms with Gasteiger partial charge in [-0.25, -0.2) is 13.8 Å². The van der Waals surface area contributed by atoms with Crippen molar-refractivity contribution in [2.24, 2.45) is 0 Å². The fourth-order valence-electron chi connectivity index (χ4n) is 3.08. The van der Waals surface area contributed by atoms with Crippen LogP contribution in [0.4, 0.5) is 13.9 Å². The predicted molar refractivity (Wildman–Crippen MR) is 118 cm³/mol. The summed E-state index contributed by atoms with van der Waals surface area (Å²) in [7, 11) is 1.55. The highest BCUT2D eigenvalue weighted by molar-refractivity contribution is 7.22. The number of benzene rings is 2. The van der Waals surface area contributed by atoms with E-state index in [1.54, 1.807) is 31.4 Å². The first-order valence-corrected chi connectivity index (χ1v) is 10.8. The Morgan fingerprint density at radius 1 is 1.10 bits per heavy atom. The normalized spacial score (nSPS) is 11.2. The van der Waals surface area contributed by atoms with Crippen molar-refractivity contribution in [3.8, 4) is 11.5 Å². The molecule has 0 aliphatic rings. The van der Waals surface area contributed by atoms with Gasteiger partial charge in [0.2, 0.25) is 0 Å². The lowest BCUT2D eigenvalue weighted by atomic mass is 10.3. The summed E-state index contributed by atoms with van der Waals surface area (Å²) in [6, 6.07) is 8.97. The van der Waals surface area contributed by atoms with Crippen LogP contribution in [-0.4, -0.2) is 55.7 Å². The van der Waals surface area contributed by atoms with E-state index in [1.807, 2.05) is 13.8 Å². The fourth-order valence-corrected chi connectivity index (χ4v) is 4.13. The standard InChI is InChI=1S/C22H25F2N3O3S/c1-4-26(5-2)9-10-27(20(28)14-30-17-8-6-7-16(13-17)29-3)22-25-21-18(24)11-15(23)12-19(21)31-22/h6-8,11-13H,4-5,9-10,14H2,1-3H3. The second kappa shape index (κ2) is 10.5. The number of methoxy groups -OCH3 is 1. The molecule has 6 nitrogen and oxygen atoms in total. The number of ether oxygens (including phenoxy) is 2. The molecule has 0 bridgehead atoms. The zero-order valence-electron chi connectivity index (χ0n) is 17.7. The summed E-state index contributed by atoms with van der Waals surface area (Å²) in [4.78, 5) is 21.0. The number of halogens is 2. The minimum atomic E-state index is -0.749. The summed E-state index contributed by atoms with van der Waals surface area (Å²) in [5, 5.41) is 0.311.